The molecule has 0 aliphatic heterocycles. The summed E-state index contributed by atoms with van der Waals surface area (Å²) in [5.74, 6) is -1.03. The smallest absolute Gasteiger partial charge is 0.358 e. The zero-order valence-electron chi connectivity index (χ0n) is 12.4. The summed E-state index contributed by atoms with van der Waals surface area (Å²) in [7, 11) is 0. The molecular formula is C14H14ClN5O4. The van der Waals surface area contributed by atoms with Crippen LogP contribution in [0.2, 0.25) is 5.02 Å². The Morgan fingerprint density at radius 2 is 1.92 bits per heavy atom. The molecule has 2 N–H and O–H groups in total. The number of aromatic nitrogens is 2. The molecule has 0 spiro atoms. The molecule has 0 bridgehead atoms. The Morgan fingerprint density at radius 3 is 2.58 bits per heavy atom. The highest BCUT2D eigenvalue weighted by Crippen LogP contribution is 2.14. The average Bonchev–Trinajstić information content (AvgIpc) is 3.00. The minimum absolute atomic E-state index is 0.147. The highest BCUT2D eigenvalue weighted by atomic mass is 35.5. The summed E-state index contributed by atoms with van der Waals surface area (Å²) >= 11 is 5.91. The molecule has 0 unspecified atom stereocenters. The predicted octanol–water partition coefficient (Wildman–Crippen LogP) is 0.991. The van der Waals surface area contributed by atoms with Gasteiger partial charge in [-0.15, -0.1) is 0 Å². The van der Waals surface area contributed by atoms with E-state index in [1.165, 1.54) is 12.3 Å². The van der Waals surface area contributed by atoms with Crippen LogP contribution in [0.25, 0.3) is 0 Å². The van der Waals surface area contributed by atoms with Crippen LogP contribution in [0.3, 0.4) is 0 Å². The Labute approximate surface area is 141 Å². The predicted molar refractivity (Wildman–Crippen MR) is 85.7 cm³/mol. The van der Waals surface area contributed by atoms with Gasteiger partial charge in [-0.1, -0.05) is 23.7 Å². The van der Waals surface area contributed by atoms with Crippen molar-refractivity contribution in [2.24, 2.45) is 0 Å². The minimum atomic E-state index is -0.640. The third-order valence-corrected chi connectivity index (χ3v) is 3.30. The average molecular weight is 352 g/mol. The van der Waals surface area contributed by atoms with Crippen molar-refractivity contribution < 1.29 is 14.5 Å². The first kappa shape index (κ1) is 17.4. The molecule has 2 aromatic rings. The summed E-state index contributed by atoms with van der Waals surface area (Å²) in [6.45, 7) is 0.278. The summed E-state index contributed by atoms with van der Waals surface area (Å²) < 4.78 is 1.16. The number of rotatable bonds is 7. The van der Waals surface area contributed by atoms with E-state index in [0.29, 0.717) is 10.6 Å². The van der Waals surface area contributed by atoms with Crippen LogP contribution in [0.1, 0.15) is 10.4 Å². The number of halogens is 1. The molecule has 1 aromatic carbocycles. The van der Waals surface area contributed by atoms with Gasteiger partial charge in [-0.3, -0.25) is 9.59 Å². The second-order valence-electron chi connectivity index (χ2n) is 4.71. The van der Waals surface area contributed by atoms with Crippen LogP contribution in [0.15, 0.2) is 36.5 Å². The van der Waals surface area contributed by atoms with E-state index in [2.05, 4.69) is 15.7 Å². The van der Waals surface area contributed by atoms with Crippen LogP contribution >= 0.6 is 11.6 Å². The molecule has 0 saturated heterocycles. The molecular weight excluding hydrogens is 338 g/mol. The number of hydrogen-bond donors (Lipinski definition) is 2. The lowest BCUT2D eigenvalue weighted by Crippen LogP contribution is -2.36. The highest BCUT2D eigenvalue weighted by molar-refractivity contribution is 6.33. The first-order valence-electron chi connectivity index (χ1n) is 6.94. The van der Waals surface area contributed by atoms with E-state index >= 15 is 0 Å². The van der Waals surface area contributed by atoms with Crippen molar-refractivity contribution in [3.63, 3.8) is 0 Å². The summed E-state index contributed by atoms with van der Waals surface area (Å²) in [6.07, 6.45) is 1.34. The fraction of sp³-hybridized carbons (Fsp3) is 0.214. The van der Waals surface area contributed by atoms with E-state index in [4.69, 9.17) is 11.6 Å². The SMILES string of the molecule is O=C(Cn1ccc([N+](=O)[O-])n1)NCCNC(=O)c1ccccc1Cl. The fourth-order valence-electron chi connectivity index (χ4n) is 1.86. The van der Waals surface area contributed by atoms with Crippen LogP contribution < -0.4 is 10.6 Å². The van der Waals surface area contributed by atoms with Crippen molar-refractivity contribution in [2.75, 3.05) is 13.1 Å². The van der Waals surface area contributed by atoms with E-state index in [-0.39, 0.29) is 37.3 Å². The van der Waals surface area contributed by atoms with Crippen molar-refractivity contribution in [1.82, 2.24) is 20.4 Å². The van der Waals surface area contributed by atoms with Crippen LogP contribution in [-0.2, 0) is 11.3 Å². The second kappa shape index (κ2) is 8.06. The monoisotopic (exact) mass is 351 g/mol. The maximum absolute atomic E-state index is 11.9. The number of amides is 2. The molecule has 1 heterocycles. The Morgan fingerprint density at radius 1 is 1.21 bits per heavy atom. The lowest BCUT2D eigenvalue weighted by molar-refractivity contribution is -0.389. The van der Waals surface area contributed by atoms with Gasteiger partial charge in [0.05, 0.1) is 27.9 Å². The first-order chi connectivity index (χ1) is 11.5. The number of carbonyl (C=O) groups excluding carboxylic acids is 2. The lowest BCUT2D eigenvalue weighted by Gasteiger charge is -2.07. The molecule has 10 heteroatoms. The molecule has 9 nitrogen and oxygen atoms in total. The number of hydrogen-bond acceptors (Lipinski definition) is 5. The van der Waals surface area contributed by atoms with Gasteiger partial charge in [0.2, 0.25) is 5.91 Å². The summed E-state index contributed by atoms with van der Waals surface area (Å²) in [4.78, 5) is 33.4. The van der Waals surface area contributed by atoms with Gasteiger partial charge in [-0.2, -0.15) is 4.68 Å². The number of benzene rings is 1. The van der Waals surface area contributed by atoms with Gasteiger partial charge in [-0.05, 0) is 17.1 Å². The molecule has 0 saturated carbocycles. The molecule has 2 rings (SSSR count). The van der Waals surface area contributed by atoms with E-state index in [1.807, 2.05) is 0 Å². The van der Waals surface area contributed by atoms with E-state index in [9.17, 15) is 19.7 Å². The van der Waals surface area contributed by atoms with Gasteiger partial charge in [-0.25, -0.2) is 0 Å². The van der Waals surface area contributed by atoms with E-state index < -0.39 is 4.92 Å². The third-order valence-electron chi connectivity index (χ3n) is 2.97. The lowest BCUT2D eigenvalue weighted by atomic mass is 10.2. The number of nitrogens with one attached hydrogen (secondary N) is 2. The number of nitro groups is 1. The Balaban J connectivity index is 1.72. The molecule has 0 radical (unpaired) electrons. The topological polar surface area (TPSA) is 119 Å². The number of carbonyl (C=O) groups is 2. The van der Waals surface area contributed by atoms with Crippen LogP contribution in [0, 0.1) is 10.1 Å². The van der Waals surface area contributed by atoms with Gasteiger partial charge >= 0.3 is 5.82 Å². The van der Waals surface area contributed by atoms with Gasteiger partial charge in [0.25, 0.3) is 5.91 Å². The Hall–Kier alpha value is -2.94. The van der Waals surface area contributed by atoms with Gasteiger partial charge < -0.3 is 20.7 Å². The summed E-state index contributed by atoms with van der Waals surface area (Å²) in [6, 6.07) is 7.84. The molecule has 0 aliphatic carbocycles. The Bertz CT molecular complexity index is 761. The fourth-order valence-corrected chi connectivity index (χ4v) is 2.08. The molecule has 126 valence electrons. The summed E-state index contributed by atoms with van der Waals surface area (Å²) in [5, 5.41) is 19.7. The van der Waals surface area contributed by atoms with Gasteiger partial charge in [0.1, 0.15) is 6.54 Å². The zero-order chi connectivity index (χ0) is 17.5. The van der Waals surface area contributed by atoms with Crippen molar-refractivity contribution in [1.29, 1.82) is 0 Å². The van der Waals surface area contributed by atoms with Gasteiger partial charge in [0.15, 0.2) is 0 Å². The molecule has 0 aliphatic rings. The third kappa shape index (κ3) is 4.78. The van der Waals surface area contributed by atoms with Gasteiger partial charge in [0, 0.05) is 13.1 Å². The van der Waals surface area contributed by atoms with Crippen molar-refractivity contribution in [2.45, 2.75) is 6.54 Å². The van der Waals surface area contributed by atoms with Crippen LogP contribution in [0.5, 0.6) is 0 Å². The molecule has 0 fully saturated rings. The maximum Gasteiger partial charge on any atom is 0.389 e. The quantitative estimate of drug-likeness (QED) is 0.438. The van der Waals surface area contributed by atoms with Crippen molar-refractivity contribution in [3.05, 3.63) is 57.2 Å². The molecule has 1 aromatic heterocycles. The van der Waals surface area contributed by atoms with E-state index in [0.717, 1.165) is 4.68 Å². The molecule has 0 atom stereocenters. The normalized spacial score (nSPS) is 10.2. The molecule has 2 amide bonds. The largest absolute Gasteiger partial charge is 0.389 e. The van der Waals surface area contributed by atoms with E-state index in [1.54, 1.807) is 24.3 Å². The standard InChI is InChI=1S/C14H14ClN5O4/c15-11-4-2-1-3-10(11)14(22)17-7-6-16-13(21)9-19-8-5-12(18-19)20(23)24/h1-5,8H,6-7,9H2,(H,16,21)(H,17,22). The van der Waals surface area contributed by atoms with Crippen molar-refractivity contribution in [3.8, 4) is 0 Å². The summed E-state index contributed by atoms with van der Waals surface area (Å²) in [5.41, 5.74) is 0.356. The highest BCUT2D eigenvalue weighted by Gasteiger charge is 2.13. The Kier molecular flexibility index (Phi) is 5.85. The maximum atomic E-state index is 11.9. The molecule has 24 heavy (non-hydrogen) atoms. The van der Waals surface area contributed by atoms with Crippen LogP contribution in [0.4, 0.5) is 5.82 Å². The van der Waals surface area contributed by atoms with Crippen molar-refractivity contribution >= 4 is 29.2 Å². The first-order valence-corrected chi connectivity index (χ1v) is 7.32. The number of nitrogens with zero attached hydrogens (tertiary/aromatic N) is 3. The second-order valence-corrected chi connectivity index (χ2v) is 5.12. The minimum Gasteiger partial charge on any atom is -0.358 e. The van der Waals surface area contributed by atoms with Crippen LogP contribution in [-0.4, -0.2) is 39.6 Å². The zero-order valence-corrected chi connectivity index (χ0v) is 13.2.